The lowest BCUT2D eigenvalue weighted by molar-refractivity contribution is 0.0699. The molecular formula is C24H22N2O2. The number of fused-ring (bicyclic) bond motifs is 3. The molecule has 1 heterocycles. The Morgan fingerprint density at radius 3 is 2.36 bits per heavy atom. The third-order valence-electron chi connectivity index (χ3n) is 5.22. The van der Waals surface area contributed by atoms with Crippen molar-refractivity contribution in [2.24, 2.45) is 0 Å². The molecule has 0 saturated carbocycles. The lowest BCUT2D eigenvalue weighted by Crippen LogP contribution is -2.21. The highest BCUT2D eigenvalue weighted by Gasteiger charge is 2.15. The number of aromatic carboxylic acids is 1. The monoisotopic (exact) mass is 370 g/mol. The van der Waals surface area contributed by atoms with Gasteiger partial charge in [-0.2, -0.15) is 0 Å². The van der Waals surface area contributed by atoms with Crippen LogP contribution in [0.3, 0.4) is 0 Å². The minimum absolute atomic E-state index is 0.282. The van der Waals surface area contributed by atoms with Gasteiger partial charge in [-0.3, -0.25) is 0 Å². The van der Waals surface area contributed by atoms with E-state index in [1.54, 1.807) is 6.07 Å². The molecule has 4 rings (SSSR count). The van der Waals surface area contributed by atoms with Gasteiger partial charge in [-0.15, -0.1) is 0 Å². The normalized spacial score (nSPS) is 11.1. The van der Waals surface area contributed by atoms with Gasteiger partial charge >= 0.3 is 5.97 Å². The molecule has 0 aliphatic carbocycles. The van der Waals surface area contributed by atoms with Crippen LogP contribution >= 0.6 is 0 Å². The number of hydrogen-bond donors (Lipinski definition) is 1. The van der Waals surface area contributed by atoms with E-state index in [1.165, 1.54) is 0 Å². The Morgan fingerprint density at radius 2 is 1.68 bits per heavy atom. The van der Waals surface area contributed by atoms with Crippen molar-refractivity contribution in [2.75, 3.05) is 18.0 Å². The van der Waals surface area contributed by atoms with Crippen LogP contribution in [-0.2, 0) is 0 Å². The highest BCUT2D eigenvalue weighted by Crippen LogP contribution is 2.31. The molecule has 4 heteroatoms. The standard InChI is InChI=1S/C24H22N2O2/c1-3-26(4-2)18-12-9-17(10-13-18)22-15-20(24(27)28)23-19-8-6-5-7-16(19)11-14-21(23)25-22/h5-15H,3-4H2,1-2H3,(H,27,28). The molecule has 0 amide bonds. The van der Waals surface area contributed by atoms with Crippen molar-refractivity contribution in [1.82, 2.24) is 4.98 Å². The van der Waals surface area contributed by atoms with Crippen LogP contribution in [0.5, 0.6) is 0 Å². The van der Waals surface area contributed by atoms with Crippen LogP contribution < -0.4 is 4.90 Å². The Hall–Kier alpha value is -3.40. The number of carboxylic acid groups (broad SMARTS) is 1. The van der Waals surface area contributed by atoms with Gasteiger partial charge < -0.3 is 10.0 Å². The Morgan fingerprint density at radius 1 is 0.964 bits per heavy atom. The molecule has 0 aliphatic rings. The summed E-state index contributed by atoms with van der Waals surface area (Å²) in [6.45, 7) is 6.15. The molecule has 0 saturated heterocycles. The van der Waals surface area contributed by atoms with E-state index in [9.17, 15) is 9.90 Å². The second-order valence-corrected chi connectivity index (χ2v) is 6.76. The van der Waals surface area contributed by atoms with Crippen LogP contribution in [-0.4, -0.2) is 29.1 Å². The molecule has 140 valence electrons. The fourth-order valence-electron chi connectivity index (χ4n) is 3.76. The summed E-state index contributed by atoms with van der Waals surface area (Å²) in [5, 5.41) is 12.5. The van der Waals surface area contributed by atoms with Gasteiger partial charge in [0.2, 0.25) is 0 Å². The third-order valence-corrected chi connectivity index (χ3v) is 5.22. The predicted octanol–water partition coefficient (Wildman–Crippen LogP) is 5.60. The van der Waals surface area contributed by atoms with Crippen molar-refractivity contribution in [1.29, 1.82) is 0 Å². The molecule has 3 aromatic carbocycles. The van der Waals surface area contributed by atoms with Crippen molar-refractivity contribution in [3.05, 3.63) is 72.3 Å². The van der Waals surface area contributed by atoms with Crippen LogP contribution in [0, 0.1) is 0 Å². The van der Waals surface area contributed by atoms with Gasteiger partial charge in [0.25, 0.3) is 0 Å². The minimum Gasteiger partial charge on any atom is -0.478 e. The molecule has 1 aromatic heterocycles. The zero-order valence-corrected chi connectivity index (χ0v) is 16.0. The van der Waals surface area contributed by atoms with Crippen LogP contribution in [0.1, 0.15) is 24.2 Å². The third kappa shape index (κ3) is 3.07. The summed E-state index contributed by atoms with van der Waals surface area (Å²) in [7, 11) is 0. The lowest BCUT2D eigenvalue weighted by Gasteiger charge is -2.21. The molecular weight excluding hydrogens is 348 g/mol. The van der Waals surface area contributed by atoms with Gasteiger partial charge in [-0.25, -0.2) is 9.78 Å². The zero-order chi connectivity index (χ0) is 19.7. The number of hydrogen-bond acceptors (Lipinski definition) is 3. The first-order valence-electron chi connectivity index (χ1n) is 9.53. The van der Waals surface area contributed by atoms with Crippen molar-refractivity contribution in [2.45, 2.75) is 13.8 Å². The number of nitrogens with zero attached hydrogens (tertiary/aromatic N) is 2. The van der Waals surface area contributed by atoms with Crippen LogP contribution in [0.15, 0.2) is 66.7 Å². The van der Waals surface area contributed by atoms with E-state index in [4.69, 9.17) is 4.98 Å². The van der Waals surface area contributed by atoms with E-state index in [1.807, 2.05) is 48.5 Å². The highest BCUT2D eigenvalue weighted by molar-refractivity contribution is 6.15. The molecule has 28 heavy (non-hydrogen) atoms. The second-order valence-electron chi connectivity index (χ2n) is 6.76. The Balaban J connectivity index is 1.89. The topological polar surface area (TPSA) is 53.4 Å². The summed E-state index contributed by atoms with van der Waals surface area (Å²) in [4.78, 5) is 19.1. The predicted molar refractivity (Wildman–Crippen MR) is 115 cm³/mol. The summed E-state index contributed by atoms with van der Waals surface area (Å²) < 4.78 is 0. The SMILES string of the molecule is CCN(CC)c1ccc(-c2cc(C(=O)O)c3c(ccc4ccccc43)n2)cc1. The van der Waals surface area contributed by atoms with Crippen molar-refractivity contribution < 1.29 is 9.90 Å². The number of pyridine rings is 1. The molecule has 0 fully saturated rings. The minimum atomic E-state index is -0.940. The number of rotatable bonds is 5. The van der Waals surface area contributed by atoms with E-state index in [-0.39, 0.29) is 5.56 Å². The van der Waals surface area contributed by atoms with Gasteiger partial charge in [0.05, 0.1) is 16.8 Å². The average molecular weight is 370 g/mol. The smallest absolute Gasteiger partial charge is 0.336 e. The van der Waals surface area contributed by atoms with Gasteiger partial charge in [0.15, 0.2) is 0 Å². The summed E-state index contributed by atoms with van der Waals surface area (Å²) in [6, 6.07) is 21.5. The van der Waals surface area contributed by atoms with Crippen molar-refractivity contribution >= 4 is 33.3 Å². The molecule has 1 N–H and O–H groups in total. The first-order chi connectivity index (χ1) is 13.6. The summed E-state index contributed by atoms with van der Waals surface area (Å²) >= 11 is 0. The number of anilines is 1. The molecule has 4 nitrogen and oxygen atoms in total. The van der Waals surface area contributed by atoms with Gasteiger partial charge in [-0.05, 0) is 48.9 Å². The largest absolute Gasteiger partial charge is 0.478 e. The van der Waals surface area contributed by atoms with Gasteiger partial charge in [-0.1, -0.05) is 42.5 Å². The summed E-state index contributed by atoms with van der Waals surface area (Å²) in [5.41, 5.74) is 3.71. The second kappa shape index (κ2) is 7.31. The van der Waals surface area contributed by atoms with E-state index in [0.29, 0.717) is 16.6 Å². The van der Waals surface area contributed by atoms with Crippen molar-refractivity contribution in [3.8, 4) is 11.3 Å². The molecule has 4 aromatic rings. The maximum absolute atomic E-state index is 12.0. The Kier molecular flexibility index (Phi) is 4.70. The Bertz CT molecular complexity index is 1160. The first-order valence-corrected chi connectivity index (χ1v) is 9.53. The van der Waals surface area contributed by atoms with Crippen LogP contribution in [0.2, 0.25) is 0 Å². The molecule has 0 aliphatic heterocycles. The van der Waals surface area contributed by atoms with E-state index in [0.717, 1.165) is 35.1 Å². The molecule has 0 bridgehead atoms. The number of carboxylic acids is 1. The highest BCUT2D eigenvalue weighted by atomic mass is 16.4. The maximum atomic E-state index is 12.0. The number of benzene rings is 3. The quantitative estimate of drug-likeness (QED) is 0.465. The molecule has 0 unspecified atom stereocenters. The van der Waals surface area contributed by atoms with E-state index in [2.05, 4.69) is 30.9 Å². The molecule has 0 radical (unpaired) electrons. The maximum Gasteiger partial charge on any atom is 0.336 e. The van der Waals surface area contributed by atoms with E-state index >= 15 is 0 Å². The van der Waals surface area contributed by atoms with Crippen LogP contribution in [0.25, 0.3) is 32.9 Å². The number of aromatic nitrogens is 1. The fraction of sp³-hybridized carbons (Fsp3) is 0.167. The first kappa shape index (κ1) is 18.0. The van der Waals surface area contributed by atoms with Gasteiger partial charge in [0, 0.05) is 29.7 Å². The summed E-state index contributed by atoms with van der Waals surface area (Å²) in [6.07, 6.45) is 0. The fourth-order valence-corrected chi connectivity index (χ4v) is 3.76. The Labute approximate surface area is 164 Å². The average Bonchev–Trinajstić information content (AvgIpc) is 2.74. The molecule has 0 atom stereocenters. The molecule has 0 spiro atoms. The van der Waals surface area contributed by atoms with Gasteiger partial charge in [0.1, 0.15) is 0 Å². The number of carbonyl (C=O) groups is 1. The van der Waals surface area contributed by atoms with Crippen LogP contribution in [0.4, 0.5) is 5.69 Å². The lowest BCUT2D eigenvalue weighted by atomic mass is 9.98. The van der Waals surface area contributed by atoms with Crippen molar-refractivity contribution in [3.63, 3.8) is 0 Å². The summed E-state index contributed by atoms with van der Waals surface area (Å²) in [5.74, 6) is -0.940. The van der Waals surface area contributed by atoms with E-state index < -0.39 is 5.97 Å². The zero-order valence-electron chi connectivity index (χ0n) is 16.0.